The number of carbonyl (C=O) groups is 1. The van der Waals surface area contributed by atoms with Crippen LogP contribution in [0.25, 0.3) is 0 Å². The van der Waals surface area contributed by atoms with Gasteiger partial charge in [0.05, 0.1) is 6.54 Å². The summed E-state index contributed by atoms with van der Waals surface area (Å²) in [5.74, 6) is -0.544. The lowest BCUT2D eigenvalue weighted by Gasteiger charge is -2.18. The first-order valence-electron chi connectivity index (χ1n) is 7.98. The van der Waals surface area contributed by atoms with Gasteiger partial charge in [0.25, 0.3) is 0 Å². The summed E-state index contributed by atoms with van der Waals surface area (Å²) >= 11 is 0. The number of benzene rings is 1. The molecule has 0 saturated heterocycles. The van der Waals surface area contributed by atoms with Gasteiger partial charge >= 0.3 is 0 Å². The first kappa shape index (κ1) is 19.9. The van der Waals surface area contributed by atoms with Crippen LogP contribution < -0.4 is 16.0 Å². The van der Waals surface area contributed by atoms with Gasteiger partial charge in [-0.05, 0) is 25.1 Å². The van der Waals surface area contributed by atoms with Gasteiger partial charge in [-0.25, -0.2) is 13.8 Å². The van der Waals surface area contributed by atoms with Crippen molar-refractivity contribution in [1.82, 2.24) is 16.0 Å². The van der Waals surface area contributed by atoms with E-state index in [4.69, 9.17) is 0 Å². The molecule has 0 unspecified atom stereocenters. The van der Waals surface area contributed by atoms with Crippen molar-refractivity contribution >= 4 is 11.9 Å². The molecule has 0 aromatic heterocycles. The molecule has 0 saturated carbocycles. The Morgan fingerprint density at radius 2 is 1.79 bits per heavy atom. The minimum absolute atomic E-state index is 0.0211. The quantitative estimate of drug-likeness (QED) is 0.422. The molecular formula is C17H26F2N4O. The predicted octanol–water partition coefficient (Wildman–Crippen LogP) is 2.18. The van der Waals surface area contributed by atoms with Crippen LogP contribution in [0, 0.1) is 17.0 Å². The Balaban J connectivity index is 2.54. The highest BCUT2D eigenvalue weighted by Crippen LogP contribution is 2.12. The van der Waals surface area contributed by atoms with Crippen molar-refractivity contribution in [1.29, 1.82) is 0 Å². The minimum atomic E-state index is -0.496. The van der Waals surface area contributed by atoms with Crippen LogP contribution in [-0.4, -0.2) is 31.5 Å². The molecule has 0 spiro atoms. The highest BCUT2D eigenvalue weighted by atomic mass is 19.1. The van der Waals surface area contributed by atoms with Gasteiger partial charge in [0, 0.05) is 30.6 Å². The smallest absolute Gasteiger partial charge is 0.225 e. The molecule has 1 aromatic carbocycles. The Labute approximate surface area is 141 Å². The van der Waals surface area contributed by atoms with Gasteiger partial charge in [0.1, 0.15) is 11.6 Å². The number of guanidine groups is 1. The highest BCUT2D eigenvalue weighted by Gasteiger charge is 2.20. The van der Waals surface area contributed by atoms with Crippen LogP contribution in [0.4, 0.5) is 8.78 Å². The van der Waals surface area contributed by atoms with Crippen LogP contribution >= 0.6 is 0 Å². The summed E-state index contributed by atoms with van der Waals surface area (Å²) in [5, 5.41) is 8.87. The molecule has 0 radical (unpaired) electrons. The largest absolute Gasteiger partial charge is 0.357 e. The van der Waals surface area contributed by atoms with Crippen molar-refractivity contribution in [3.05, 3.63) is 35.4 Å². The van der Waals surface area contributed by atoms with Crippen molar-refractivity contribution in [3.63, 3.8) is 0 Å². The molecule has 3 N–H and O–H groups in total. The SMILES string of the molecule is CCNC(=NCc1cc(F)ccc1F)NCCNC(=O)C(C)(C)C. The molecule has 24 heavy (non-hydrogen) atoms. The van der Waals surface area contributed by atoms with Gasteiger partial charge in [-0.3, -0.25) is 4.79 Å². The summed E-state index contributed by atoms with van der Waals surface area (Å²) in [4.78, 5) is 16.0. The van der Waals surface area contributed by atoms with E-state index >= 15 is 0 Å². The van der Waals surface area contributed by atoms with Gasteiger partial charge in [0.2, 0.25) is 5.91 Å². The highest BCUT2D eigenvalue weighted by molar-refractivity contribution is 5.81. The standard InChI is InChI=1S/C17H26F2N4O/c1-5-20-16(22-9-8-21-15(24)17(2,3)4)23-11-12-10-13(18)6-7-14(12)19/h6-7,10H,5,8-9,11H2,1-4H3,(H,21,24)(H2,20,22,23). The third-order valence-electron chi connectivity index (χ3n) is 3.14. The van der Waals surface area contributed by atoms with Gasteiger partial charge in [-0.15, -0.1) is 0 Å². The molecule has 5 nitrogen and oxygen atoms in total. The molecular weight excluding hydrogens is 314 g/mol. The van der Waals surface area contributed by atoms with Gasteiger partial charge < -0.3 is 16.0 Å². The third-order valence-corrected chi connectivity index (χ3v) is 3.14. The van der Waals surface area contributed by atoms with Crippen molar-refractivity contribution in [2.75, 3.05) is 19.6 Å². The zero-order chi connectivity index (χ0) is 18.2. The lowest BCUT2D eigenvalue weighted by atomic mass is 9.96. The Kier molecular flexibility index (Phi) is 7.61. The first-order valence-corrected chi connectivity index (χ1v) is 7.98. The zero-order valence-corrected chi connectivity index (χ0v) is 14.7. The molecule has 134 valence electrons. The van der Waals surface area contributed by atoms with Crippen molar-refractivity contribution in [3.8, 4) is 0 Å². The summed E-state index contributed by atoms with van der Waals surface area (Å²) in [6, 6.07) is 3.29. The maximum absolute atomic E-state index is 13.6. The predicted molar refractivity (Wildman–Crippen MR) is 91.6 cm³/mol. The summed E-state index contributed by atoms with van der Waals surface area (Å²) in [7, 11) is 0. The van der Waals surface area contributed by atoms with E-state index < -0.39 is 17.0 Å². The molecule has 1 rings (SSSR count). The van der Waals surface area contributed by atoms with E-state index in [0.717, 1.165) is 18.2 Å². The third kappa shape index (κ3) is 6.93. The number of rotatable bonds is 6. The average molecular weight is 340 g/mol. The monoisotopic (exact) mass is 340 g/mol. The number of carbonyl (C=O) groups excluding carboxylic acids is 1. The van der Waals surface area contributed by atoms with Crippen LogP contribution in [-0.2, 0) is 11.3 Å². The lowest BCUT2D eigenvalue weighted by molar-refractivity contribution is -0.128. The Bertz CT molecular complexity index is 582. The molecule has 0 aliphatic rings. The number of aliphatic imine (C=N–C) groups is 1. The molecule has 0 bridgehead atoms. The fraction of sp³-hybridized carbons (Fsp3) is 0.529. The van der Waals surface area contributed by atoms with E-state index in [-0.39, 0.29) is 18.0 Å². The van der Waals surface area contributed by atoms with E-state index in [2.05, 4.69) is 20.9 Å². The molecule has 0 aliphatic heterocycles. The fourth-order valence-electron chi connectivity index (χ4n) is 1.79. The van der Waals surface area contributed by atoms with Crippen molar-refractivity contribution in [2.45, 2.75) is 34.2 Å². The second-order valence-electron chi connectivity index (χ2n) is 6.36. The summed E-state index contributed by atoms with van der Waals surface area (Å²) in [5.41, 5.74) is -0.249. The molecule has 0 aliphatic carbocycles. The van der Waals surface area contributed by atoms with E-state index in [0.29, 0.717) is 25.6 Å². The molecule has 0 heterocycles. The lowest BCUT2D eigenvalue weighted by Crippen LogP contribution is -2.43. The van der Waals surface area contributed by atoms with Crippen molar-refractivity contribution < 1.29 is 13.6 Å². The maximum Gasteiger partial charge on any atom is 0.225 e. The molecule has 0 fully saturated rings. The van der Waals surface area contributed by atoms with Crippen LogP contribution in [0.3, 0.4) is 0 Å². The topological polar surface area (TPSA) is 65.5 Å². The van der Waals surface area contributed by atoms with Crippen LogP contribution in [0.15, 0.2) is 23.2 Å². The fourth-order valence-corrected chi connectivity index (χ4v) is 1.79. The number of nitrogens with zero attached hydrogens (tertiary/aromatic N) is 1. The number of halogens is 2. The molecule has 1 amide bonds. The van der Waals surface area contributed by atoms with Gasteiger partial charge in [0.15, 0.2) is 5.96 Å². The van der Waals surface area contributed by atoms with Crippen LogP contribution in [0.2, 0.25) is 0 Å². The van der Waals surface area contributed by atoms with Gasteiger partial charge in [-0.2, -0.15) is 0 Å². The van der Waals surface area contributed by atoms with E-state index in [9.17, 15) is 13.6 Å². The molecule has 0 atom stereocenters. The second kappa shape index (κ2) is 9.20. The first-order chi connectivity index (χ1) is 11.2. The van der Waals surface area contributed by atoms with E-state index in [1.165, 1.54) is 0 Å². The summed E-state index contributed by atoms with van der Waals surface area (Å²) in [6.45, 7) is 8.99. The minimum Gasteiger partial charge on any atom is -0.357 e. The van der Waals surface area contributed by atoms with E-state index in [1.54, 1.807) is 0 Å². The number of hydrogen-bond donors (Lipinski definition) is 3. The van der Waals surface area contributed by atoms with Gasteiger partial charge in [-0.1, -0.05) is 20.8 Å². The Morgan fingerprint density at radius 1 is 1.12 bits per heavy atom. The van der Waals surface area contributed by atoms with E-state index in [1.807, 2.05) is 27.7 Å². The maximum atomic E-state index is 13.6. The average Bonchev–Trinajstić information content (AvgIpc) is 2.50. The normalized spacial score (nSPS) is 12.0. The Hall–Kier alpha value is -2.18. The summed E-state index contributed by atoms with van der Waals surface area (Å²) < 4.78 is 26.7. The number of amides is 1. The second-order valence-corrected chi connectivity index (χ2v) is 6.36. The molecule has 1 aromatic rings. The van der Waals surface area contributed by atoms with Crippen LogP contribution in [0.1, 0.15) is 33.3 Å². The van der Waals surface area contributed by atoms with Crippen LogP contribution in [0.5, 0.6) is 0 Å². The van der Waals surface area contributed by atoms with Crippen molar-refractivity contribution in [2.24, 2.45) is 10.4 Å². The molecule has 7 heteroatoms. The Morgan fingerprint density at radius 3 is 2.42 bits per heavy atom. The number of nitrogens with one attached hydrogen (secondary N) is 3. The summed E-state index contributed by atoms with van der Waals surface area (Å²) in [6.07, 6.45) is 0. The zero-order valence-electron chi connectivity index (χ0n) is 14.7. The number of hydrogen-bond acceptors (Lipinski definition) is 2.